The van der Waals surface area contributed by atoms with Crippen molar-refractivity contribution in [2.45, 2.75) is 52.6 Å². The van der Waals surface area contributed by atoms with E-state index in [1.807, 2.05) is 68.1 Å². The summed E-state index contributed by atoms with van der Waals surface area (Å²) in [4.78, 5) is 14.0. The van der Waals surface area contributed by atoms with E-state index in [-0.39, 0.29) is 17.5 Å². The number of hydrogen-bond donors (Lipinski definition) is 2. The van der Waals surface area contributed by atoms with Gasteiger partial charge in [0.15, 0.2) is 0 Å². The number of hydrogen-bond acceptors (Lipinski definition) is 4. The molecule has 1 unspecified atom stereocenters. The van der Waals surface area contributed by atoms with Gasteiger partial charge in [0.1, 0.15) is 17.3 Å². The van der Waals surface area contributed by atoms with Crippen molar-refractivity contribution in [2.24, 2.45) is 5.92 Å². The molecule has 1 amide bonds. The third-order valence-electron chi connectivity index (χ3n) is 6.03. The first-order chi connectivity index (χ1) is 17.4. The zero-order valence-corrected chi connectivity index (χ0v) is 21.7. The number of rotatable bonds is 7. The number of ether oxygens (including phenoxy) is 1. The van der Waals surface area contributed by atoms with Crippen LogP contribution >= 0.6 is 0 Å². The van der Waals surface area contributed by atoms with Crippen molar-refractivity contribution in [3.8, 4) is 11.5 Å². The summed E-state index contributed by atoms with van der Waals surface area (Å²) in [6.45, 7) is 6.59. The number of carbonyl (C=O) groups excluding carboxylic acids is 1. The van der Waals surface area contributed by atoms with Gasteiger partial charge in [-0.05, 0) is 67.1 Å². The van der Waals surface area contributed by atoms with Crippen molar-refractivity contribution >= 4 is 11.6 Å². The summed E-state index contributed by atoms with van der Waals surface area (Å²) < 4.78 is 17.8. The molecule has 0 aliphatic carbocycles. The number of phenols is 1. The van der Waals surface area contributed by atoms with Gasteiger partial charge in [-0.2, -0.15) is 0 Å². The smallest absolute Gasteiger partial charge is 0.227 e. The number of aryl methyl sites for hydroxylation is 1. The van der Waals surface area contributed by atoms with Crippen molar-refractivity contribution < 1.29 is 24.1 Å². The van der Waals surface area contributed by atoms with Crippen LogP contribution in [0.25, 0.3) is 0 Å². The van der Waals surface area contributed by atoms with E-state index in [4.69, 9.17) is 9.84 Å². The van der Waals surface area contributed by atoms with Gasteiger partial charge < -0.3 is 19.8 Å². The molecule has 0 radical (unpaired) electrons. The second-order valence-corrected chi connectivity index (χ2v) is 8.56. The van der Waals surface area contributed by atoms with Crippen molar-refractivity contribution in [1.82, 2.24) is 0 Å². The lowest BCUT2D eigenvalue weighted by atomic mass is 9.97. The molecule has 1 fully saturated rings. The molecule has 194 valence electrons. The summed E-state index contributed by atoms with van der Waals surface area (Å²) in [6.07, 6.45) is 2.38. The minimum Gasteiger partial charge on any atom is -0.508 e. The molecular formula is C30H38FNO4. The molecule has 0 bridgehead atoms. The van der Waals surface area contributed by atoms with Gasteiger partial charge in [-0.3, -0.25) is 4.79 Å². The number of aliphatic hydroxyl groups excluding tert-OH is 1. The molecule has 2 atom stereocenters. The molecule has 3 aromatic carbocycles. The zero-order chi connectivity index (χ0) is 26.5. The van der Waals surface area contributed by atoms with Crippen LogP contribution in [0.2, 0.25) is 0 Å². The minimum atomic E-state index is -0.576. The molecule has 36 heavy (non-hydrogen) atoms. The van der Waals surface area contributed by atoms with E-state index in [1.165, 1.54) is 12.1 Å². The van der Waals surface area contributed by atoms with E-state index in [0.717, 1.165) is 36.2 Å². The number of nitrogens with zero attached hydrogens (tertiary/aromatic N) is 1. The quantitative estimate of drug-likeness (QED) is 0.377. The largest absolute Gasteiger partial charge is 0.508 e. The summed E-state index contributed by atoms with van der Waals surface area (Å²) in [5.41, 5.74) is 2.56. The van der Waals surface area contributed by atoms with Gasteiger partial charge in [0.25, 0.3) is 0 Å². The molecule has 1 aliphatic heterocycles. The molecule has 3 aromatic rings. The lowest BCUT2D eigenvalue weighted by molar-refractivity contribution is -0.117. The van der Waals surface area contributed by atoms with Gasteiger partial charge in [-0.15, -0.1) is 0 Å². The Kier molecular flexibility index (Phi) is 11.9. The van der Waals surface area contributed by atoms with Crippen molar-refractivity contribution in [2.75, 3.05) is 18.6 Å². The molecule has 1 heterocycles. The standard InChI is InChI=1S/C20H22FNO2.C8H10O2.C2H6/c21-17-11-9-16(10-12-17)19(23)8-4-5-15-13-20(24)22(14-15)18-6-2-1-3-7-18;1-6-3-4-7(10-2)5-8(6)9;1-2/h1-3,6-7,9-12,15,19,23H,4-5,8,13-14H2;3-5,9H,1-2H3;1-2H3/t15-,19?;;/m0../s1. The van der Waals surface area contributed by atoms with Gasteiger partial charge in [0.05, 0.1) is 13.2 Å². The van der Waals surface area contributed by atoms with E-state index in [9.17, 15) is 14.3 Å². The number of carbonyl (C=O) groups is 1. The molecule has 2 N–H and O–H groups in total. The molecule has 5 nitrogen and oxygen atoms in total. The van der Waals surface area contributed by atoms with Crippen LogP contribution in [0.15, 0.2) is 72.8 Å². The molecule has 0 aromatic heterocycles. The summed E-state index contributed by atoms with van der Waals surface area (Å²) in [5.74, 6) is 1.17. The molecule has 1 aliphatic rings. The fourth-order valence-corrected chi connectivity index (χ4v) is 4.00. The van der Waals surface area contributed by atoms with E-state index >= 15 is 0 Å². The number of aromatic hydroxyl groups is 1. The van der Waals surface area contributed by atoms with Gasteiger partial charge in [-0.1, -0.05) is 56.7 Å². The fraction of sp³-hybridized carbons (Fsp3) is 0.367. The minimum absolute atomic E-state index is 0.172. The van der Waals surface area contributed by atoms with Crippen LogP contribution < -0.4 is 9.64 Å². The highest BCUT2D eigenvalue weighted by molar-refractivity contribution is 5.95. The van der Waals surface area contributed by atoms with Crippen LogP contribution in [-0.4, -0.2) is 29.8 Å². The molecular weight excluding hydrogens is 457 g/mol. The number of methoxy groups -OCH3 is 1. The Hall–Kier alpha value is -3.38. The van der Waals surface area contributed by atoms with E-state index in [0.29, 0.717) is 24.5 Å². The van der Waals surface area contributed by atoms with Gasteiger partial charge >= 0.3 is 0 Å². The Bertz CT molecular complexity index is 1060. The first-order valence-electron chi connectivity index (χ1n) is 12.5. The highest BCUT2D eigenvalue weighted by Gasteiger charge is 2.30. The Morgan fingerprint density at radius 2 is 1.72 bits per heavy atom. The maximum atomic E-state index is 12.9. The first-order valence-corrected chi connectivity index (χ1v) is 12.5. The van der Waals surface area contributed by atoms with Crippen molar-refractivity contribution in [1.29, 1.82) is 0 Å². The average molecular weight is 496 g/mol. The number of aliphatic hydroxyl groups is 1. The lowest BCUT2D eigenvalue weighted by Crippen LogP contribution is -2.24. The number of para-hydroxylation sites is 1. The number of amides is 1. The Balaban J connectivity index is 0.000000318. The van der Waals surface area contributed by atoms with Crippen LogP contribution in [0.3, 0.4) is 0 Å². The maximum Gasteiger partial charge on any atom is 0.227 e. The normalized spacial score (nSPS) is 15.3. The van der Waals surface area contributed by atoms with E-state index in [2.05, 4.69) is 0 Å². The molecule has 0 spiro atoms. The number of anilines is 1. The van der Waals surface area contributed by atoms with Crippen molar-refractivity contribution in [3.05, 3.63) is 89.7 Å². The predicted molar refractivity (Wildman–Crippen MR) is 143 cm³/mol. The second kappa shape index (κ2) is 14.9. The Morgan fingerprint density at radius 3 is 2.33 bits per heavy atom. The van der Waals surface area contributed by atoms with E-state index < -0.39 is 6.10 Å². The van der Waals surface area contributed by atoms with Crippen LogP contribution in [0.4, 0.5) is 10.1 Å². The van der Waals surface area contributed by atoms with E-state index in [1.54, 1.807) is 25.3 Å². The van der Waals surface area contributed by atoms with Crippen LogP contribution in [0, 0.1) is 18.7 Å². The number of phenolic OH excluding ortho intramolecular Hbond substituents is 1. The number of benzene rings is 3. The third kappa shape index (κ3) is 8.68. The Labute approximate surface area is 214 Å². The lowest BCUT2D eigenvalue weighted by Gasteiger charge is -2.17. The fourth-order valence-electron chi connectivity index (χ4n) is 4.00. The SMILES string of the molecule is CC.COc1ccc(C)c(O)c1.O=C1C[C@H](CCCC(O)c2ccc(F)cc2)CN1c1ccccc1. The summed E-state index contributed by atoms with van der Waals surface area (Å²) in [6, 6.07) is 20.9. The predicted octanol–water partition coefficient (Wildman–Crippen LogP) is 6.82. The average Bonchev–Trinajstić information content (AvgIpc) is 3.28. The topological polar surface area (TPSA) is 70.0 Å². The van der Waals surface area contributed by atoms with Crippen molar-refractivity contribution in [3.63, 3.8) is 0 Å². The molecule has 0 saturated carbocycles. The number of halogens is 1. The van der Waals surface area contributed by atoms with Crippen LogP contribution in [0.1, 0.15) is 56.8 Å². The molecule has 6 heteroatoms. The van der Waals surface area contributed by atoms with Gasteiger partial charge in [-0.25, -0.2) is 4.39 Å². The summed E-state index contributed by atoms with van der Waals surface area (Å²) in [7, 11) is 1.57. The maximum absolute atomic E-state index is 12.9. The van der Waals surface area contributed by atoms with Gasteiger partial charge in [0, 0.05) is 24.7 Å². The summed E-state index contributed by atoms with van der Waals surface area (Å²) >= 11 is 0. The molecule has 4 rings (SSSR count). The van der Waals surface area contributed by atoms with Crippen LogP contribution in [-0.2, 0) is 4.79 Å². The zero-order valence-electron chi connectivity index (χ0n) is 21.7. The highest BCUT2D eigenvalue weighted by atomic mass is 19.1. The second-order valence-electron chi connectivity index (χ2n) is 8.56. The van der Waals surface area contributed by atoms with Gasteiger partial charge in [0.2, 0.25) is 5.91 Å². The highest BCUT2D eigenvalue weighted by Crippen LogP contribution is 2.29. The van der Waals surface area contributed by atoms with Crippen LogP contribution in [0.5, 0.6) is 11.5 Å². The molecule has 1 saturated heterocycles. The first kappa shape index (κ1) is 28.9. The monoisotopic (exact) mass is 495 g/mol. The Morgan fingerprint density at radius 1 is 1.06 bits per heavy atom. The summed E-state index contributed by atoms with van der Waals surface area (Å²) in [5, 5.41) is 19.3. The third-order valence-corrected chi connectivity index (χ3v) is 6.03.